The summed E-state index contributed by atoms with van der Waals surface area (Å²) >= 11 is 3.33. The molecular weight excluding hydrogens is 323 g/mol. The Balaban J connectivity index is 2.34. The normalized spacial score (nSPS) is 11.5. The van der Waals surface area contributed by atoms with Gasteiger partial charge in [-0.25, -0.2) is 4.39 Å². The second-order valence-electron chi connectivity index (χ2n) is 4.07. The number of hydrogen-bond acceptors (Lipinski definition) is 3. The number of ether oxygens (including phenoxy) is 1. The van der Waals surface area contributed by atoms with E-state index in [9.17, 15) is 9.65 Å². The van der Waals surface area contributed by atoms with Crippen molar-refractivity contribution in [2.24, 2.45) is 0 Å². The molecule has 1 unspecified atom stereocenters. The van der Waals surface area contributed by atoms with E-state index < -0.39 is 6.04 Å². The summed E-state index contributed by atoms with van der Waals surface area (Å²) in [5.41, 5.74) is 1.22. The number of methoxy groups -OCH3 is 1. The standard InChI is InChI=1S/C15H12BrFN2O/c1-20-15-5-3-2-4-13(15)19-14(9-18)11-8-10(17)6-7-12(11)16/h2-8,14,19H,1H3. The Morgan fingerprint density at radius 3 is 2.75 bits per heavy atom. The van der Waals surface area contributed by atoms with E-state index in [4.69, 9.17) is 4.74 Å². The van der Waals surface area contributed by atoms with Crippen LogP contribution in [0.5, 0.6) is 5.75 Å². The van der Waals surface area contributed by atoms with Crippen LogP contribution in [-0.4, -0.2) is 7.11 Å². The molecule has 20 heavy (non-hydrogen) atoms. The quantitative estimate of drug-likeness (QED) is 0.907. The van der Waals surface area contributed by atoms with Crippen molar-refractivity contribution in [2.45, 2.75) is 6.04 Å². The van der Waals surface area contributed by atoms with Crippen LogP contribution in [0.2, 0.25) is 0 Å². The van der Waals surface area contributed by atoms with Gasteiger partial charge >= 0.3 is 0 Å². The third-order valence-electron chi connectivity index (χ3n) is 2.80. The molecule has 1 N–H and O–H groups in total. The van der Waals surface area contributed by atoms with Crippen LogP contribution in [-0.2, 0) is 0 Å². The summed E-state index contributed by atoms with van der Waals surface area (Å²) in [5, 5.41) is 12.4. The molecule has 0 heterocycles. The molecule has 0 saturated heterocycles. The van der Waals surface area contributed by atoms with Gasteiger partial charge in [0.25, 0.3) is 0 Å². The van der Waals surface area contributed by atoms with Gasteiger partial charge in [-0.15, -0.1) is 0 Å². The van der Waals surface area contributed by atoms with Crippen molar-refractivity contribution in [1.29, 1.82) is 5.26 Å². The van der Waals surface area contributed by atoms with E-state index in [1.54, 1.807) is 25.3 Å². The molecule has 2 rings (SSSR count). The van der Waals surface area contributed by atoms with Crippen LogP contribution in [0.1, 0.15) is 11.6 Å². The number of nitrogens with zero attached hydrogens (tertiary/aromatic N) is 1. The van der Waals surface area contributed by atoms with E-state index in [0.717, 1.165) is 0 Å². The van der Waals surface area contributed by atoms with Gasteiger partial charge in [0, 0.05) is 10.0 Å². The Labute approximate surface area is 125 Å². The van der Waals surface area contributed by atoms with Crippen molar-refractivity contribution in [3.8, 4) is 11.8 Å². The average molecular weight is 335 g/mol. The summed E-state index contributed by atoms with van der Waals surface area (Å²) in [6, 6.07) is 13.0. The Morgan fingerprint density at radius 2 is 2.05 bits per heavy atom. The lowest BCUT2D eigenvalue weighted by molar-refractivity contribution is 0.416. The fourth-order valence-corrected chi connectivity index (χ4v) is 2.31. The minimum absolute atomic E-state index is 0.384. The monoisotopic (exact) mass is 334 g/mol. The topological polar surface area (TPSA) is 45.0 Å². The highest BCUT2D eigenvalue weighted by Gasteiger charge is 2.16. The molecule has 2 aromatic carbocycles. The molecule has 0 bridgehead atoms. The number of nitrogens with one attached hydrogen (secondary N) is 1. The van der Waals surface area contributed by atoms with Crippen molar-refractivity contribution >= 4 is 21.6 Å². The lowest BCUT2D eigenvalue weighted by Crippen LogP contribution is -2.10. The first-order valence-corrected chi connectivity index (χ1v) is 6.69. The zero-order chi connectivity index (χ0) is 14.5. The van der Waals surface area contributed by atoms with Crippen LogP contribution in [0.3, 0.4) is 0 Å². The smallest absolute Gasteiger partial charge is 0.141 e. The van der Waals surface area contributed by atoms with Gasteiger partial charge in [-0.05, 0) is 30.3 Å². The van der Waals surface area contributed by atoms with Crippen LogP contribution in [0, 0.1) is 17.1 Å². The van der Waals surface area contributed by atoms with E-state index in [1.165, 1.54) is 12.1 Å². The SMILES string of the molecule is COc1ccccc1NC(C#N)c1cc(F)ccc1Br. The lowest BCUT2D eigenvalue weighted by Gasteiger charge is -2.17. The predicted molar refractivity (Wildman–Crippen MR) is 79.1 cm³/mol. The van der Waals surface area contributed by atoms with Gasteiger partial charge in [0.1, 0.15) is 17.6 Å². The zero-order valence-corrected chi connectivity index (χ0v) is 12.3. The third kappa shape index (κ3) is 3.09. The summed E-state index contributed by atoms with van der Waals surface area (Å²) in [6.07, 6.45) is 0. The molecule has 0 fully saturated rings. The van der Waals surface area contributed by atoms with Crippen LogP contribution in [0.15, 0.2) is 46.9 Å². The highest BCUT2D eigenvalue weighted by molar-refractivity contribution is 9.10. The van der Waals surface area contributed by atoms with Crippen molar-refractivity contribution in [3.05, 3.63) is 58.3 Å². The van der Waals surface area contributed by atoms with Gasteiger partial charge in [0.15, 0.2) is 0 Å². The molecule has 0 amide bonds. The van der Waals surface area contributed by atoms with Crippen LogP contribution < -0.4 is 10.1 Å². The molecule has 0 radical (unpaired) electrons. The predicted octanol–water partition coefficient (Wildman–Crippen LogP) is 4.27. The number of rotatable bonds is 4. The maximum absolute atomic E-state index is 13.3. The molecule has 0 spiro atoms. The van der Waals surface area contributed by atoms with E-state index >= 15 is 0 Å². The first-order valence-electron chi connectivity index (χ1n) is 5.90. The number of anilines is 1. The minimum Gasteiger partial charge on any atom is -0.495 e. The van der Waals surface area contributed by atoms with Gasteiger partial charge in [-0.1, -0.05) is 28.1 Å². The molecule has 2 aromatic rings. The van der Waals surface area contributed by atoms with Crippen molar-refractivity contribution in [1.82, 2.24) is 0 Å². The maximum atomic E-state index is 13.3. The molecule has 0 aliphatic heterocycles. The minimum atomic E-state index is -0.684. The van der Waals surface area contributed by atoms with E-state index in [1.807, 2.05) is 12.1 Å². The zero-order valence-electron chi connectivity index (χ0n) is 10.7. The lowest BCUT2D eigenvalue weighted by atomic mass is 10.1. The second-order valence-corrected chi connectivity index (χ2v) is 4.93. The number of halogens is 2. The summed E-state index contributed by atoms with van der Waals surface area (Å²) in [4.78, 5) is 0. The van der Waals surface area contributed by atoms with E-state index in [-0.39, 0.29) is 5.82 Å². The second kappa shape index (κ2) is 6.40. The largest absolute Gasteiger partial charge is 0.495 e. The van der Waals surface area contributed by atoms with Crippen LogP contribution in [0.25, 0.3) is 0 Å². The fraction of sp³-hybridized carbons (Fsp3) is 0.133. The van der Waals surface area contributed by atoms with Gasteiger partial charge in [0.05, 0.1) is 18.9 Å². The number of para-hydroxylation sites is 2. The number of benzene rings is 2. The molecule has 102 valence electrons. The van der Waals surface area contributed by atoms with Crippen molar-refractivity contribution < 1.29 is 9.13 Å². The highest BCUT2D eigenvalue weighted by atomic mass is 79.9. The summed E-state index contributed by atoms with van der Waals surface area (Å²) in [7, 11) is 1.56. The molecule has 0 saturated carbocycles. The Bertz CT molecular complexity index is 655. The number of hydrogen-bond donors (Lipinski definition) is 1. The van der Waals surface area contributed by atoms with Gasteiger partial charge in [0.2, 0.25) is 0 Å². The summed E-state index contributed by atoms with van der Waals surface area (Å²) in [5.74, 6) is 0.241. The molecular formula is C15H12BrFN2O. The molecule has 0 aliphatic rings. The molecule has 3 nitrogen and oxygen atoms in total. The average Bonchev–Trinajstić information content (AvgIpc) is 2.48. The molecule has 1 atom stereocenters. The Morgan fingerprint density at radius 1 is 1.30 bits per heavy atom. The van der Waals surface area contributed by atoms with Crippen LogP contribution in [0.4, 0.5) is 10.1 Å². The molecule has 0 aliphatic carbocycles. The van der Waals surface area contributed by atoms with Gasteiger partial charge < -0.3 is 10.1 Å². The van der Waals surface area contributed by atoms with Crippen molar-refractivity contribution in [2.75, 3.05) is 12.4 Å². The Kier molecular flexibility index (Phi) is 4.59. The Hall–Kier alpha value is -2.06. The fourth-order valence-electron chi connectivity index (χ4n) is 1.83. The van der Waals surface area contributed by atoms with E-state index in [0.29, 0.717) is 21.5 Å². The van der Waals surface area contributed by atoms with Crippen molar-refractivity contribution in [3.63, 3.8) is 0 Å². The molecule has 5 heteroatoms. The summed E-state index contributed by atoms with van der Waals surface area (Å²) in [6.45, 7) is 0. The number of nitriles is 1. The maximum Gasteiger partial charge on any atom is 0.141 e. The van der Waals surface area contributed by atoms with Crippen LogP contribution >= 0.6 is 15.9 Å². The third-order valence-corrected chi connectivity index (χ3v) is 3.53. The van der Waals surface area contributed by atoms with E-state index in [2.05, 4.69) is 27.3 Å². The highest BCUT2D eigenvalue weighted by Crippen LogP contribution is 2.30. The van der Waals surface area contributed by atoms with Gasteiger partial charge in [-0.3, -0.25) is 0 Å². The van der Waals surface area contributed by atoms with Gasteiger partial charge in [-0.2, -0.15) is 5.26 Å². The summed E-state index contributed by atoms with van der Waals surface area (Å²) < 4.78 is 19.2. The first-order chi connectivity index (χ1) is 9.65. The molecule has 0 aromatic heterocycles. The first kappa shape index (κ1) is 14.4.